The molecule has 0 saturated carbocycles. The van der Waals surface area contributed by atoms with Gasteiger partial charge in [0.05, 0.1) is 20.3 Å². The molecule has 4 amide bonds. The lowest BCUT2D eigenvalue weighted by Crippen LogP contribution is -2.72. The van der Waals surface area contributed by atoms with E-state index >= 15 is 0 Å². The number of ether oxygens (including phenoxy) is 2. The second-order valence-electron chi connectivity index (χ2n) is 9.49. The molecule has 1 N–H and O–H groups in total. The lowest BCUT2D eigenvalue weighted by atomic mass is 9.67. The summed E-state index contributed by atoms with van der Waals surface area (Å²) in [4.78, 5) is 44.0. The van der Waals surface area contributed by atoms with Gasteiger partial charge in [0.2, 0.25) is 11.8 Å². The summed E-state index contributed by atoms with van der Waals surface area (Å²) in [6.45, 7) is 0.965. The molecule has 2 aromatic rings. The Morgan fingerprint density at radius 2 is 1.80 bits per heavy atom. The van der Waals surface area contributed by atoms with Crippen LogP contribution in [0, 0.1) is 5.41 Å². The number of barbiturate groups is 1. The van der Waals surface area contributed by atoms with E-state index in [4.69, 9.17) is 9.47 Å². The van der Waals surface area contributed by atoms with Crippen molar-refractivity contribution in [2.45, 2.75) is 44.6 Å². The van der Waals surface area contributed by atoms with Crippen LogP contribution in [0.1, 0.15) is 36.8 Å². The zero-order valence-electron chi connectivity index (χ0n) is 20.2. The number of para-hydroxylation sites is 1. The molecule has 2 fully saturated rings. The van der Waals surface area contributed by atoms with E-state index in [0.717, 1.165) is 49.0 Å². The molecule has 5 rings (SSSR count). The van der Waals surface area contributed by atoms with E-state index in [1.807, 2.05) is 30.3 Å². The number of amides is 4. The zero-order valence-corrected chi connectivity index (χ0v) is 20.2. The first kappa shape index (κ1) is 23.2. The standard InChI is InChI=1S/C27H31N3O5/c1-34-21-12-11-18(16-22(21)35-2)13-15-30-25(32)27(24(31)28-26(30)33)17-19-8-5-6-9-20(19)29-14-7-3-4-10-23(27)29/h5-6,8-9,11-12,16,23H,3-4,7,10,13-15,17H2,1-2H3,(H,28,31,33). The van der Waals surface area contributed by atoms with Gasteiger partial charge in [0.25, 0.3) is 0 Å². The molecule has 2 saturated heterocycles. The van der Waals surface area contributed by atoms with Crippen LogP contribution in [0.2, 0.25) is 0 Å². The summed E-state index contributed by atoms with van der Waals surface area (Å²) >= 11 is 0. The quantitative estimate of drug-likeness (QED) is 0.665. The number of methoxy groups -OCH3 is 2. The number of nitrogens with one attached hydrogen (secondary N) is 1. The normalized spacial score (nSPS) is 23.9. The van der Waals surface area contributed by atoms with Crippen LogP contribution in [0.25, 0.3) is 0 Å². The second kappa shape index (κ2) is 9.24. The minimum atomic E-state index is -1.32. The van der Waals surface area contributed by atoms with Crippen LogP contribution < -0.4 is 19.7 Å². The zero-order chi connectivity index (χ0) is 24.6. The number of carbonyl (C=O) groups is 3. The maximum absolute atomic E-state index is 14.1. The van der Waals surface area contributed by atoms with E-state index < -0.39 is 23.3 Å². The van der Waals surface area contributed by atoms with E-state index in [9.17, 15) is 14.4 Å². The van der Waals surface area contributed by atoms with Gasteiger partial charge >= 0.3 is 6.03 Å². The average Bonchev–Trinajstić information content (AvgIpc) is 3.14. The molecule has 8 heteroatoms. The van der Waals surface area contributed by atoms with Gasteiger partial charge < -0.3 is 14.4 Å². The van der Waals surface area contributed by atoms with Gasteiger partial charge in [0.1, 0.15) is 0 Å². The highest BCUT2D eigenvalue weighted by atomic mass is 16.5. The molecule has 35 heavy (non-hydrogen) atoms. The number of urea groups is 1. The molecule has 0 aromatic heterocycles. The number of nitrogens with zero attached hydrogens (tertiary/aromatic N) is 2. The van der Waals surface area contributed by atoms with Crippen LogP contribution in [0.3, 0.4) is 0 Å². The molecule has 3 aliphatic heterocycles. The molecule has 8 nitrogen and oxygen atoms in total. The van der Waals surface area contributed by atoms with Gasteiger partial charge in [-0.1, -0.05) is 37.1 Å². The molecule has 2 atom stereocenters. The lowest BCUT2D eigenvalue weighted by Gasteiger charge is -2.51. The Morgan fingerprint density at radius 3 is 2.60 bits per heavy atom. The monoisotopic (exact) mass is 477 g/mol. The maximum atomic E-state index is 14.1. The van der Waals surface area contributed by atoms with E-state index in [1.165, 1.54) is 4.90 Å². The third kappa shape index (κ3) is 3.81. The average molecular weight is 478 g/mol. The largest absolute Gasteiger partial charge is 0.493 e. The fraction of sp³-hybridized carbons (Fsp3) is 0.444. The minimum Gasteiger partial charge on any atom is -0.493 e. The SMILES string of the molecule is COc1ccc(CCN2C(=O)NC(=O)C3(Cc4ccccc4N4CCCCCC43)C2=O)cc1OC. The highest BCUT2D eigenvalue weighted by Gasteiger charge is 2.61. The molecule has 2 aromatic carbocycles. The number of anilines is 1. The third-order valence-electron chi connectivity index (χ3n) is 7.66. The van der Waals surface area contributed by atoms with Crippen molar-refractivity contribution < 1.29 is 23.9 Å². The van der Waals surface area contributed by atoms with E-state index in [-0.39, 0.29) is 12.6 Å². The number of carbonyl (C=O) groups excluding carboxylic acids is 3. The van der Waals surface area contributed by atoms with Gasteiger partial charge in [-0.3, -0.25) is 19.8 Å². The van der Waals surface area contributed by atoms with E-state index in [0.29, 0.717) is 24.3 Å². The molecule has 184 valence electrons. The number of hydrogen-bond acceptors (Lipinski definition) is 6. The van der Waals surface area contributed by atoms with Crippen molar-refractivity contribution in [2.24, 2.45) is 5.41 Å². The molecule has 2 unspecified atom stereocenters. The van der Waals surface area contributed by atoms with Crippen molar-refractivity contribution in [3.05, 3.63) is 53.6 Å². The van der Waals surface area contributed by atoms with E-state index in [1.54, 1.807) is 20.3 Å². The lowest BCUT2D eigenvalue weighted by molar-refractivity contribution is -0.153. The smallest absolute Gasteiger partial charge is 0.330 e. The summed E-state index contributed by atoms with van der Waals surface area (Å²) in [5.74, 6) is 0.338. The Balaban J connectivity index is 1.47. The summed E-state index contributed by atoms with van der Waals surface area (Å²) in [7, 11) is 3.14. The first-order chi connectivity index (χ1) is 17.0. The summed E-state index contributed by atoms with van der Waals surface area (Å²) in [5.41, 5.74) is 1.66. The number of rotatable bonds is 5. The topological polar surface area (TPSA) is 88.2 Å². The Bertz CT molecular complexity index is 1170. The van der Waals surface area contributed by atoms with Gasteiger partial charge in [-0.05, 0) is 55.0 Å². The van der Waals surface area contributed by atoms with Crippen molar-refractivity contribution in [3.63, 3.8) is 0 Å². The van der Waals surface area contributed by atoms with Crippen molar-refractivity contribution in [1.29, 1.82) is 0 Å². The number of benzene rings is 2. The highest BCUT2D eigenvalue weighted by Crippen LogP contribution is 2.47. The molecule has 3 aliphatic rings. The minimum absolute atomic E-state index is 0.170. The first-order valence-electron chi connectivity index (χ1n) is 12.2. The van der Waals surface area contributed by atoms with Crippen molar-refractivity contribution in [1.82, 2.24) is 10.2 Å². The fourth-order valence-corrected chi connectivity index (χ4v) is 5.90. The van der Waals surface area contributed by atoms with Crippen molar-refractivity contribution in [3.8, 4) is 11.5 Å². The Kier molecular flexibility index (Phi) is 6.13. The number of hydrogen-bond donors (Lipinski definition) is 1. The van der Waals surface area contributed by atoms with Crippen LogP contribution in [-0.4, -0.2) is 56.1 Å². The predicted molar refractivity (Wildman–Crippen MR) is 131 cm³/mol. The maximum Gasteiger partial charge on any atom is 0.330 e. The van der Waals surface area contributed by atoms with Crippen molar-refractivity contribution in [2.75, 3.05) is 32.2 Å². The van der Waals surface area contributed by atoms with Crippen LogP contribution in [0.15, 0.2) is 42.5 Å². The molecule has 0 aliphatic carbocycles. The second-order valence-corrected chi connectivity index (χ2v) is 9.49. The predicted octanol–water partition coefficient (Wildman–Crippen LogP) is 3.32. The summed E-state index contributed by atoms with van der Waals surface area (Å²) in [6.07, 6.45) is 4.50. The van der Waals surface area contributed by atoms with Gasteiger partial charge in [0, 0.05) is 18.8 Å². The Hall–Kier alpha value is -3.55. The molecule has 1 spiro atoms. The van der Waals surface area contributed by atoms with Gasteiger partial charge in [-0.15, -0.1) is 0 Å². The van der Waals surface area contributed by atoms with Gasteiger partial charge in [0.15, 0.2) is 16.9 Å². The molecular weight excluding hydrogens is 446 g/mol. The van der Waals surface area contributed by atoms with Crippen molar-refractivity contribution >= 4 is 23.5 Å². The van der Waals surface area contributed by atoms with E-state index in [2.05, 4.69) is 16.3 Å². The Labute approximate surface area is 205 Å². The molecule has 3 heterocycles. The molecule has 0 bridgehead atoms. The first-order valence-corrected chi connectivity index (χ1v) is 12.2. The van der Waals surface area contributed by atoms with Crippen LogP contribution in [-0.2, 0) is 22.4 Å². The highest BCUT2D eigenvalue weighted by molar-refractivity contribution is 6.20. The van der Waals surface area contributed by atoms with Gasteiger partial charge in [-0.2, -0.15) is 0 Å². The van der Waals surface area contributed by atoms with Crippen LogP contribution in [0.5, 0.6) is 11.5 Å². The number of imide groups is 2. The summed E-state index contributed by atoms with van der Waals surface area (Å²) in [6, 6.07) is 12.6. The number of fused-ring (bicyclic) bond motifs is 4. The summed E-state index contributed by atoms with van der Waals surface area (Å²) < 4.78 is 10.7. The molecule has 0 radical (unpaired) electrons. The van der Waals surface area contributed by atoms with Gasteiger partial charge in [-0.25, -0.2) is 4.79 Å². The van der Waals surface area contributed by atoms with Crippen LogP contribution >= 0.6 is 0 Å². The van der Waals surface area contributed by atoms with Crippen LogP contribution in [0.4, 0.5) is 10.5 Å². The fourth-order valence-electron chi connectivity index (χ4n) is 5.90. The Morgan fingerprint density at radius 1 is 1.00 bits per heavy atom. The summed E-state index contributed by atoms with van der Waals surface area (Å²) in [5, 5.41) is 2.54. The third-order valence-corrected chi connectivity index (χ3v) is 7.66. The molecular formula is C27H31N3O5.